The number of rotatable bonds is 3. The normalized spacial score (nSPS) is 23.9. The zero-order valence-electron chi connectivity index (χ0n) is 11.0. The molecule has 0 aromatic carbocycles. The van der Waals surface area contributed by atoms with Gasteiger partial charge in [0.05, 0.1) is 8.66 Å². The lowest BCUT2D eigenvalue weighted by molar-refractivity contribution is 0.0925. The summed E-state index contributed by atoms with van der Waals surface area (Å²) in [5.41, 5.74) is 1.14. The van der Waals surface area contributed by atoms with Crippen molar-refractivity contribution in [1.82, 2.24) is 5.32 Å². The van der Waals surface area contributed by atoms with Gasteiger partial charge < -0.3 is 5.32 Å². The van der Waals surface area contributed by atoms with Crippen molar-refractivity contribution in [2.45, 2.75) is 52.0 Å². The van der Waals surface area contributed by atoms with Gasteiger partial charge in [-0.2, -0.15) is 0 Å². The average Bonchev–Trinajstić information content (AvgIpc) is 2.71. The number of thiophene rings is 1. The highest BCUT2D eigenvalue weighted by atomic mass is 79.9. The van der Waals surface area contributed by atoms with E-state index in [0.717, 1.165) is 33.0 Å². The molecular weight excluding hydrogens is 310 g/mol. The predicted octanol–water partition coefficient (Wildman–Crippen LogP) is 4.52. The average molecular weight is 330 g/mol. The zero-order valence-corrected chi connectivity index (χ0v) is 13.4. The highest BCUT2D eigenvalue weighted by molar-refractivity contribution is 9.11. The van der Waals surface area contributed by atoms with Crippen LogP contribution >= 0.6 is 27.3 Å². The molecule has 1 amide bonds. The van der Waals surface area contributed by atoms with E-state index < -0.39 is 0 Å². The topological polar surface area (TPSA) is 29.1 Å². The first-order valence-electron chi connectivity index (χ1n) is 6.67. The fraction of sp³-hybridized carbons (Fsp3) is 0.643. The van der Waals surface area contributed by atoms with E-state index in [2.05, 4.69) is 28.2 Å². The van der Waals surface area contributed by atoms with E-state index in [1.54, 1.807) is 0 Å². The molecule has 2 rings (SSSR count). The van der Waals surface area contributed by atoms with Crippen LogP contribution in [0.25, 0.3) is 0 Å². The Labute approximate surface area is 121 Å². The standard InChI is InChI=1S/C14H20BrNOS/c1-3-10-4-6-11(7-5-10)16-14(17)12-8-9(2)13(15)18-12/h8,10-11H,3-7H2,1-2H3,(H,16,17). The Kier molecular flexibility index (Phi) is 4.84. The minimum absolute atomic E-state index is 0.0914. The molecular formula is C14H20BrNOS. The molecule has 1 aliphatic carbocycles. The Morgan fingerprint density at radius 2 is 2.11 bits per heavy atom. The van der Waals surface area contributed by atoms with E-state index in [9.17, 15) is 4.79 Å². The second-order valence-corrected chi connectivity index (χ2v) is 7.54. The van der Waals surface area contributed by atoms with Crippen LogP contribution in [0, 0.1) is 12.8 Å². The number of hydrogen-bond donors (Lipinski definition) is 1. The van der Waals surface area contributed by atoms with Crippen LogP contribution in [0.4, 0.5) is 0 Å². The third-order valence-corrected chi connectivity index (χ3v) is 5.98. The molecule has 1 aromatic heterocycles. The molecule has 0 atom stereocenters. The number of amides is 1. The SMILES string of the molecule is CCC1CCC(NC(=O)c2cc(C)c(Br)s2)CC1. The second-order valence-electron chi connectivity index (χ2n) is 5.17. The smallest absolute Gasteiger partial charge is 0.261 e. The number of carbonyl (C=O) groups excluding carboxylic acids is 1. The maximum absolute atomic E-state index is 12.1. The Balaban J connectivity index is 1.88. The van der Waals surface area contributed by atoms with E-state index in [-0.39, 0.29) is 5.91 Å². The summed E-state index contributed by atoms with van der Waals surface area (Å²) in [6.07, 6.45) is 6.06. The second kappa shape index (κ2) is 6.20. The van der Waals surface area contributed by atoms with Gasteiger partial charge in [0.2, 0.25) is 0 Å². The van der Waals surface area contributed by atoms with Gasteiger partial charge in [-0.1, -0.05) is 13.3 Å². The Morgan fingerprint density at radius 3 is 2.61 bits per heavy atom. The summed E-state index contributed by atoms with van der Waals surface area (Å²) in [5, 5.41) is 3.17. The number of nitrogens with one attached hydrogen (secondary N) is 1. The van der Waals surface area contributed by atoms with Gasteiger partial charge in [0.15, 0.2) is 0 Å². The first-order chi connectivity index (χ1) is 8.60. The minimum atomic E-state index is 0.0914. The summed E-state index contributed by atoms with van der Waals surface area (Å²) >= 11 is 4.99. The fourth-order valence-corrected chi connectivity index (χ4v) is 3.98. The maximum atomic E-state index is 12.1. The first kappa shape index (κ1) is 14.1. The maximum Gasteiger partial charge on any atom is 0.261 e. The molecule has 100 valence electrons. The van der Waals surface area contributed by atoms with Crippen molar-refractivity contribution in [1.29, 1.82) is 0 Å². The number of carbonyl (C=O) groups is 1. The van der Waals surface area contributed by atoms with Crippen LogP contribution in [0.3, 0.4) is 0 Å². The van der Waals surface area contributed by atoms with Gasteiger partial charge in [0, 0.05) is 6.04 Å². The Bertz CT molecular complexity index is 402. The van der Waals surface area contributed by atoms with Gasteiger partial charge in [-0.25, -0.2) is 0 Å². The van der Waals surface area contributed by atoms with Crippen molar-refractivity contribution in [2.75, 3.05) is 0 Å². The molecule has 0 unspecified atom stereocenters. The van der Waals surface area contributed by atoms with Crippen molar-refractivity contribution in [2.24, 2.45) is 5.92 Å². The number of aryl methyl sites for hydroxylation is 1. The highest BCUT2D eigenvalue weighted by Gasteiger charge is 2.22. The number of halogens is 1. The molecule has 1 aliphatic rings. The molecule has 4 heteroatoms. The van der Waals surface area contributed by atoms with E-state index >= 15 is 0 Å². The summed E-state index contributed by atoms with van der Waals surface area (Å²) < 4.78 is 1.06. The first-order valence-corrected chi connectivity index (χ1v) is 8.28. The van der Waals surface area contributed by atoms with E-state index in [1.807, 2.05) is 13.0 Å². The summed E-state index contributed by atoms with van der Waals surface area (Å²) in [6.45, 7) is 4.28. The van der Waals surface area contributed by atoms with E-state index in [0.29, 0.717) is 6.04 Å². The van der Waals surface area contributed by atoms with Gasteiger partial charge in [-0.15, -0.1) is 11.3 Å². The lowest BCUT2D eigenvalue weighted by atomic mass is 9.84. The van der Waals surface area contributed by atoms with Crippen LogP contribution in [0.2, 0.25) is 0 Å². The fourth-order valence-electron chi connectivity index (χ4n) is 2.54. The van der Waals surface area contributed by atoms with Gasteiger partial charge in [-0.05, 0) is 66.1 Å². The van der Waals surface area contributed by atoms with Gasteiger partial charge in [0.1, 0.15) is 0 Å². The van der Waals surface area contributed by atoms with Crippen molar-refractivity contribution in [3.8, 4) is 0 Å². The summed E-state index contributed by atoms with van der Waals surface area (Å²) in [4.78, 5) is 12.9. The monoisotopic (exact) mass is 329 g/mol. The van der Waals surface area contributed by atoms with Crippen LogP contribution in [0.15, 0.2) is 9.85 Å². The molecule has 2 nitrogen and oxygen atoms in total. The van der Waals surface area contributed by atoms with Crippen molar-refractivity contribution >= 4 is 33.2 Å². The predicted molar refractivity (Wildman–Crippen MR) is 80.3 cm³/mol. The number of hydrogen-bond acceptors (Lipinski definition) is 2. The highest BCUT2D eigenvalue weighted by Crippen LogP contribution is 2.29. The molecule has 1 aromatic rings. The molecule has 1 N–H and O–H groups in total. The van der Waals surface area contributed by atoms with Crippen molar-refractivity contribution in [3.63, 3.8) is 0 Å². The van der Waals surface area contributed by atoms with Gasteiger partial charge >= 0.3 is 0 Å². The molecule has 0 aliphatic heterocycles. The molecule has 0 spiro atoms. The molecule has 1 saturated carbocycles. The summed E-state index contributed by atoms with van der Waals surface area (Å²) in [6, 6.07) is 2.34. The molecule has 0 saturated heterocycles. The van der Waals surface area contributed by atoms with Crippen molar-refractivity contribution < 1.29 is 4.79 Å². The van der Waals surface area contributed by atoms with Crippen LogP contribution in [-0.4, -0.2) is 11.9 Å². The van der Waals surface area contributed by atoms with Crippen LogP contribution in [-0.2, 0) is 0 Å². The van der Waals surface area contributed by atoms with Crippen LogP contribution < -0.4 is 5.32 Å². The third kappa shape index (κ3) is 3.35. The lowest BCUT2D eigenvalue weighted by Gasteiger charge is -2.28. The Hall–Kier alpha value is -0.350. The van der Waals surface area contributed by atoms with Crippen LogP contribution in [0.1, 0.15) is 54.3 Å². The molecule has 0 bridgehead atoms. The zero-order chi connectivity index (χ0) is 13.1. The largest absolute Gasteiger partial charge is 0.349 e. The van der Waals surface area contributed by atoms with E-state index in [4.69, 9.17) is 0 Å². The molecule has 1 fully saturated rings. The quantitative estimate of drug-likeness (QED) is 0.867. The molecule has 0 radical (unpaired) electrons. The van der Waals surface area contributed by atoms with Crippen molar-refractivity contribution in [3.05, 3.63) is 20.3 Å². The summed E-state index contributed by atoms with van der Waals surface area (Å²) in [5.74, 6) is 0.963. The minimum Gasteiger partial charge on any atom is -0.349 e. The van der Waals surface area contributed by atoms with Crippen LogP contribution in [0.5, 0.6) is 0 Å². The van der Waals surface area contributed by atoms with Gasteiger partial charge in [0.25, 0.3) is 5.91 Å². The Morgan fingerprint density at radius 1 is 1.44 bits per heavy atom. The third-order valence-electron chi connectivity index (χ3n) is 3.84. The summed E-state index contributed by atoms with van der Waals surface area (Å²) in [7, 11) is 0. The molecule has 1 heterocycles. The van der Waals surface area contributed by atoms with E-state index in [1.165, 1.54) is 30.6 Å². The molecule has 18 heavy (non-hydrogen) atoms. The van der Waals surface area contributed by atoms with Gasteiger partial charge in [-0.3, -0.25) is 4.79 Å². The lowest BCUT2D eigenvalue weighted by Crippen LogP contribution is -2.37.